The molecule has 0 unspecified atom stereocenters. The first-order valence-electron chi connectivity index (χ1n) is 7.94. The zero-order chi connectivity index (χ0) is 18.5. The summed E-state index contributed by atoms with van der Waals surface area (Å²) in [7, 11) is -1.94. The number of benzene rings is 1. The summed E-state index contributed by atoms with van der Waals surface area (Å²) in [5.41, 5.74) is 5.23. The maximum absolute atomic E-state index is 13.6. The van der Waals surface area contributed by atoms with Crippen LogP contribution in [0.5, 0.6) is 0 Å². The van der Waals surface area contributed by atoms with E-state index in [-0.39, 0.29) is 17.0 Å². The van der Waals surface area contributed by atoms with Crippen LogP contribution in [0.15, 0.2) is 24.3 Å². The van der Waals surface area contributed by atoms with E-state index >= 15 is 0 Å². The fourth-order valence-corrected chi connectivity index (χ4v) is 2.88. The maximum Gasteiger partial charge on any atom is 0.254 e. The highest BCUT2D eigenvalue weighted by Crippen LogP contribution is 2.36. The van der Waals surface area contributed by atoms with Gasteiger partial charge >= 0.3 is 0 Å². The summed E-state index contributed by atoms with van der Waals surface area (Å²) in [4.78, 5) is 23.7. The van der Waals surface area contributed by atoms with Gasteiger partial charge in [-0.25, -0.2) is 4.39 Å². The number of hydrogen-bond acceptors (Lipinski definition) is 3. The van der Waals surface area contributed by atoms with Gasteiger partial charge in [0.25, 0.3) is 5.91 Å². The highest BCUT2D eigenvalue weighted by molar-refractivity contribution is 6.74. The van der Waals surface area contributed by atoms with Crippen LogP contribution in [0, 0.1) is 5.82 Å². The first kappa shape index (κ1) is 20.3. The van der Waals surface area contributed by atoms with E-state index in [1.54, 1.807) is 6.07 Å². The lowest BCUT2D eigenvalue weighted by atomic mass is 10.1. The minimum Gasteiger partial charge on any atom is -0.417 e. The lowest BCUT2D eigenvalue weighted by Gasteiger charge is -2.36. The molecule has 1 aromatic rings. The SMILES string of the molecule is CC(C)(C)[Si](C)(C)OCC[C@@H](NC(=O)c1ccccc1F)C(N)=O. The second-order valence-electron chi connectivity index (χ2n) is 7.31. The molecule has 3 N–H and O–H groups in total. The normalized spacial score (nSPS) is 13.4. The van der Waals surface area contributed by atoms with E-state index < -0.39 is 32.0 Å². The zero-order valence-electron chi connectivity index (χ0n) is 15.0. The van der Waals surface area contributed by atoms with Gasteiger partial charge in [0, 0.05) is 6.61 Å². The van der Waals surface area contributed by atoms with E-state index in [4.69, 9.17) is 10.2 Å². The summed E-state index contributed by atoms with van der Waals surface area (Å²) in [6.45, 7) is 10.9. The van der Waals surface area contributed by atoms with Crippen LogP contribution < -0.4 is 11.1 Å². The summed E-state index contributed by atoms with van der Waals surface area (Å²) in [6.07, 6.45) is 0.252. The number of primary amides is 1. The third kappa shape index (κ3) is 5.42. The average molecular weight is 354 g/mol. The predicted octanol–water partition coefficient (Wildman–Crippen LogP) is 2.82. The van der Waals surface area contributed by atoms with Gasteiger partial charge in [-0.15, -0.1) is 0 Å². The smallest absolute Gasteiger partial charge is 0.254 e. The van der Waals surface area contributed by atoms with E-state index in [2.05, 4.69) is 39.2 Å². The third-order valence-electron chi connectivity index (χ3n) is 4.44. The Morgan fingerprint density at radius 1 is 1.29 bits per heavy atom. The number of carbonyl (C=O) groups is 2. The van der Waals surface area contributed by atoms with Gasteiger partial charge in [0.2, 0.25) is 5.91 Å². The molecule has 2 amide bonds. The highest BCUT2D eigenvalue weighted by atomic mass is 28.4. The van der Waals surface area contributed by atoms with Crippen molar-refractivity contribution in [3.05, 3.63) is 35.6 Å². The van der Waals surface area contributed by atoms with Crippen molar-refractivity contribution in [1.82, 2.24) is 5.32 Å². The maximum atomic E-state index is 13.6. The third-order valence-corrected chi connectivity index (χ3v) is 8.98. The average Bonchev–Trinajstić information content (AvgIpc) is 2.45. The van der Waals surface area contributed by atoms with Crippen LogP contribution in [-0.4, -0.2) is 32.8 Å². The Morgan fingerprint density at radius 3 is 2.38 bits per heavy atom. The minimum absolute atomic E-state index is 0.0473. The quantitative estimate of drug-likeness (QED) is 0.739. The van der Waals surface area contributed by atoms with E-state index in [9.17, 15) is 14.0 Å². The molecule has 0 saturated heterocycles. The van der Waals surface area contributed by atoms with Crippen molar-refractivity contribution < 1.29 is 18.4 Å². The number of nitrogens with two attached hydrogens (primary N) is 1. The Morgan fingerprint density at radius 2 is 1.88 bits per heavy atom. The van der Waals surface area contributed by atoms with Gasteiger partial charge in [-0.2, -0.15) is 0 Å². The van der Waals surface area contributed by atoms with Crippen molar-refractivity contribution in [2.75, 3.05) is 6.61 Å². The number of rotatable bonds is 7. The Labute approximate surface area is 143 Å². The summed E-state index contributed by atoms with van der Waals surface area (Å²) in [5, 5.41) is 2.53. The van der Waals surface area contributed by atoms with Crippen molar-refractivity contribution in [3.8, 4) is 0 Å². The fourth-order valence-electron chi connectivity index (χ4n) is 1.82. The molecule has 0 aromatic heterocycles. The Bertz CT molecular complexity index is 600. The summed E-state index contributed by atoms with van der Waals surface area (Å²) >= 11 is 0. The predicted molar refractivity (Wildman–Crippen MR) is 94.6 cm³/mol. The molecule has 0 fully saturated rings. The first-order chi connectivity index (χ1) is 11.0. The van der Waals surface area contributed by atoms with Crippen molar-refractivity contribution in [2.45, 2.75) is 51.4 Å². The van der Waals surface area contributed by atoms with Gasteiger partial charge in [-0.1, -0.05) is 32.9 Å². The van der Waals surface area contributed by atoms with Crippen molar-refractivity contribution in [1.29, 1.82) is 0 Å². The summed E-state index contributed by atoms with van der Waals surface area (Å²) in [5.74, 6) is -1.97. The fraction of sp³-hybridized carbons (Fsp3) is 0.529. The van der Waals surface area contributed by atoms with Crippen LogP contribution in [-0.2, 0) is 9.22 Å². The molecule has 134 valence electrons. The molecule has 0 aliphatic heterocycles. The lowest BCUT2D eigenvalue weighted by Crippen LogP contribution is -2.47. The molecule has 1 aromatic carbocycles. The number of halogens is 1. The van der Waals surface area contributed by atoms with Crippen LogP contribution in [0.4, 0.5) is 4.39 Å². The highest BCUT2D eigenvalue weighted by Gasteiger charge is 2.37. The second kappa shape index (κ2) is 7.89. The molecular formula is C17H27FN2O3Si. The molecule has 0 heterocycles. The zero-order valence-corrected chi connectivity index (χ0v) is 16.0. The first-order valence-corrected chi connectivity index (χ1v) is 10.8. The van der Waals surface area contributed by atoms with Crippen LogP contribution in [0.25, 0.3) is 0 Å². The van der Waals surface area contributed by atoms with Gasteiger partial charge < -0.3 is 15.5 Å². The van der Waals surface area contributed by atoms with Gasteiger partial charge in [0.1, 0.15) is 11.9 Å². The molecule has 24 heavy (non-hydrogen) atoms. The molecule has 0 aliphatic rings. The van der Waals surface area contributed by atoms with Crippen molar-refractivity contribution in [2.24, 2.45) is 5.73 Å². The molecule has 7 heteroatoms. The lowest BCUT2D eigenvalue weighted by molar-refractivity contribution is -0.120. The molecule has 0 radical (unpaired) electrons. The Kier molecular flexibility index (Phi) is 6.68. The van der Waals surface area contributed by atoms with Gasteiger partial charge in [-0.05, 0) is 36.7 Å². The molecule has 0 bridgehead atoms. The van der Waals surface area contributed by atoms with E-state index in [0.717, 1.165) is 0 Å². The molecule has 5 nitrogen and oxygen atoms in total. The Balaban J connectivity index is 2.68. The Hall–Kier alpha value is -1.73. The molecular weight excluding hydrogens is 327 g/mol. The van der Waals surface area contributed by atoms with Crippen molar-refractivity contribution >= 4 is 20.1 Å². The standard InChI is InChI=1S/C17H27FN2O3Si/c1-17(2,3)24(4,5)23-11-10-14(15(19)21)20-16(22)12-8-6-7-9-13(12)18/h6-9,14H,10-11H2,1-5H3,(H2,19,21)(H,20,22)/t14-/m1/s1. The molecule has 0 saturated carbocycles. The molecule has 1 atom stereocenters. The van der Waals surface area contributed by atoms with E-state index in [1.807, 2.05) is 0 Å². The van der Waals surface area contributed by atoms with E-state index in [1.165, 1.54) is 18.2 Å². The van der Waals surface area contributed by atoms with Gasteiger partial charge in [-0.3, -0.25) is 9.59 Å². The van der Waals surface area contributed by atoms with Crippen molar-refractivity contribution in [3.63, 3.8) is 0 Å². The largest absolute Gasteiger partial charge is 0.417 e. The van der Waals surface area contributed by atoms with Crippen LogP contribution >= 0.6 is 0 Å². The summed E-state index contributed by atoms with van der Waals surface area (Å²) in [6, 6.07) is 4.69. The topological polar surface area (TPSA) is 81.4 Å². The van der Waals surface area contributed by atoms with Gasteiger partial charge in [0.05, 0.1) is 5.56 Å². The number of carbonyl (C=O) groups excluding carboxylic acids is 2. The monoisotopic (exact) mass is 354 g/mol. The summed E-state index contributed by atoms with van der Waals surface area (Å²) < 4.78 is 19.6. The second-order valence-corrected chi connectivity index (χ2v) is 12.1. The number of amides is 2. The van der Waals surface area contributed by atoms with Gasteiger partial charge in [0.15, 0.2) is 8.32 Å². The molecule has 0 spiro atoms. The minimum atomic E-state index is -1.94. The van der Waals surface area contributed by atoms with Crippen LogP contribution in [0.1, 0.15) is 37.6 Å². The number of hydrogen-bond donors (Lipinski definition) is 2. The van der Waals surface area contributed by atoms with E-state index in [0.29, 0.717) is 6.61 Å². The molecule has 0 aliphatic carbocycles. The van der Waals surface area contributed by atoms with Crippen LogP contribution in [0.2, 0.25) is 18.1 Å². The van der Waals surface area contributed by atoms with Crippen LogP contribution in [0.3, 0.4) is 0 Å². The number of nitrogens with one attached hydrogen (secondary N) is 1. The molecule has 1 rings (SSSR count).